The minimum absolute atomic E-state index is 0.737. The molecule has 3 heteroatoms. The molecule has 0 saturated heterocycles. The zero-order valence-corrected chi connectivity index (χ0v) is 10.1. The summed E-state index contributed by atoms with van der Waals surface area (Å²) in [5.74, 6) is 0.868. The maximum atomic E-state index is 5.99. The number of halogens is 1. The second-order valence-corrected chi connectivity index (χ2v) is 4.15. The number of hydrogen-bond acceptors (Lipinski definition) is 1. The minimum atomic E-state index is 0.737. The van der Waals surface area contributed by atoms with Gasteiger partial charge in [0.05, 0.1) is 7.11 Å². The summed E-state index contributed by atoms with van der Waals surface area (Å²) in [7, 11) is 3.74. The molecule has 1 nitrogen and oxygen atoms in total. The van der Waals surface area contributed by atoms with Gasteiger partial charge in [0.15, 0.2) is 0 Å². The van der Waals surface area contributed by atoms with E-state index in [1.165, 1.54) is 5.46 Å². The highest BCUT2D eigenvalue weighted by atomic mass is 35.5. The average molecular weight is 231 g/mol. The van der Waals surface area contributed by atoms with Crippen molar-refractivity contribution in [1.29, 1.82) is 0 Å². The molecule has 0 spiro atoms. The van der Waals surface area contributed by atoms with Crippen molar-refractivity contribution in [3.8, 4) is 16.9 Å². The second kappa shape index (κ2) is 4.62. The van der Waals surface area contributed by atoms with Crippen LogP contribution in [-0.4, -0.2) is 15.0 Å². The lowest BCUT2D eigenvalue weighted by Crippen LogP contribution is -2.02. The van der Waals surface area contributed by atoms with Crippen LogP contribution in [0.1, 0.15) is 0 Å². The Morgan fingerprint density at radius 3 is 2.62 bits per heavy atom. The third-order valence-corrected chi connectivity index (χ3v) is 2.73. The Morgan fingerprint density at radius 2 is 1.94 bits per heavy atom. The van der Waals surface area contributed by atoms with Crippen LogP contribution in [0, 0.1) is 0 Å². The standard InChI is InChI=1S/C13H12BClO/c1-16-13-6-5-10(14)8-12(13)9-3-2-4-11(15)7-9/h2-8H,14H2,1H3. The van der Waals surface area contributed by atoms with Crippen LogP contribution in [0.25, 0.3) is 11.1 Å². The Bertz CT molecular complexity index is 511. The molecular formula is C13H12BClO. The van der Waals surface area contributed by atoms with E-state index in [1.807, 2.05) is 36.4 Å². The van der Waals surface area contributed by atoms with Gasteiger partial charge >= 0.3 is 0 Å². The van der Waals surface area contributed by atoms with E-state index in [4.69, 9.17) is 16.3 Å². The van der Waals surface area contributed by atoms with Crippen LogP contribution < -0.4 is 10.2 Å². The van der Waals surface area contributed by atoms with E-state index in [1.54, 1.807) is 7.11 Å². The molecule has 80 valence electrons. The van der Waals surface area contributed by atoms with Gasteiger partial charge < -0.3 is 4.74 Å². The van der Waals surface area contributed by atoms with Crippen LogP contribution in [0.2, 0.25) is 5.02 Å². The van der Waals surface area contributed by atoms with Crippen LogP contribution in [0.5, 0.6) is 5.75 Å². The Hall–Kier alpha value is -1.41. The number of rotatable bonds is 2. The van der Waals surface area contributed by atoms with Gasteiger partial charge in [-0.3, -0.25) is 0 Å². The van der Waals surface area contributed by atoms with Gasteiger partial charge in [-0.05, 0) is 23.8 Å². The molecule has 0 aromatic heterocycles. The van der Waals surface area contributed by atoms with Gasteiger partial charge in [0.1, 0.15) is 13.6 Å². The van der Waals surface area contributed by atoms with Gasteiger partial charge in [0, 0.05) is 10.6 Å². The predicted molar refractivity (Wildman–Crippen MR) is 71.6 cm³/mol. The summed E-state index contributed by atoms with van der Waals surface area (Å²) in [6.07, 6.45) is 0. The van der Waals surface area contributed by atoms with Crippen molar-refractivity contribution in [2.45, 2.75) is 0 Å². The normalized spacial score (nSPS) is 10.1. The quantitative estimate of drug-likeness (QED) is 0.719. The Labute approximate surface area is 101 Å². The topological polar surface area (TPSA) is 9.23 Å². The van der Waals surface area contributed by atoms with Gasteiger partial charge in [-0.1, -0.05) is 41.3 Å². The molecule has 0 fully saturated rings. The van der Waals surface area contributed by atoms with Crippen LogP contribution in [-0.2, 0) is 0 Å². The number of methoxy groups -OCH3 is 1. The monoisotopic (exact) mass is 230 g/mol. The number of hydrogen-bond donors (Lipinski definition) is 0. The zero-order valence-electron chi connectivity index (χ0n) is 9.33. The van der Waals surface area contributed by atoms with Crippen LogP contribution in [0.3, 0.4) is 0 Å². The largest absolute Gasteiger partial charge is 0.496 e. The molecule has 2 rings (SSSR count). The fraction of sp³-hybridized carbons (Fsp3) is 0.0769. The van der Waals surface area contributed by atoms with Gasteiger partial charge in [0.25, 0.3) is 0 Å². The zero-order chi connectivity index (χ0) is 11.5. The molecule has 0 radical (unpaired) electrons. The van der Waals surface area contributed by atoms with Crippen LogP contribution >= 0.6 is 11.6 Å². The highest BCUT2D eigenvalue weighted by Gasteiger charge is 2.05. The lowest BCUT2D eigenvalue weighted by Gasteiger charge is -2.09. The second-order valence-electron chi connectivity index (χ2n) is 3.71. The van der Waals surface area contributed by atoms with Gasteiger partial charge in [-0.25, -0.2) is 0 Å². The molecule has 0 saturated carbocycles. The van der Waals surface area contributed by atoms with Crippen molar-refractivity contribution < 1.29 is 4.74 Å². The third-order valence-electron chi connectivity index (χ3n) is 2.49. The molecule has 0 aliphatic carbocycles. The maximum absolute atomic E-state index is 5.99. The summed E-state index contributed by atoms with van der Waals surface area (Å²) in [5, 5.41) is 0.737. The van der Waals surface area contributed by atoms with E-state index < -0.39 is 0 Å². The first-order valence-corrected chi connectivity index (χ1v) is 5.49. The van der Waals surface area contributed by atoms with Gasteiger partial charge in [-0.15, -0.1) is 0 Å². The van der Waals surface area contributed by atoms with Crippen molar-refractivity contribution in [1.82, 2.24) is 0 Å². The molecule has 0 heterocycles. The van der Waals surface area contributed by atoms with Crippen LogP contribution in [0.15, 0.2) is 42.5 Å². The van der Waals surface area contributed by atoms with E-state index in [2.05, 4.69) is 13.9 Å². The van der Waals surface area contributed by atoms with Gasteiger partial charge in [-0.2, -0.15) is 0 Å². The van der Waals surface area contributed by atoms with E-state index in [9.17, 15) is 0 Å². The molecular weight excluding hydrogens is 218 g/mol. The summed E-state index contributed by atoms with van der Waals surface area (Å²) in [4.78, 5) is 0. The molecule has 0 N–H and O–H groups in total. The number of benzene rings is 2. The molecule has 2 aromatic carbocycles. The molecule has 16 heavy (non-hydrogen) atoms. The smallest absolute Gasteiger partial charge is 0.139 e. The Balaban J connectivity index is 2.58. The summed E-state index contributed by atoms with van der Waals surface area (Å²) in [5.41, 5.74) is 3.36. The third kappa shape index (κ3) is 2.22. The predicted octanol–water partition coefficient (Wildman–Crippen LogP) is 2.27. The molecule has 0 bridgehead atoms. The lowest BCUT2D eigenvalue weighted by atomic mass is 9.92. The van der Waals surface area contributed by atoms with Crippen molar-refractivity contribution in [2.75, 3.05) is 7.11 Å². The highest BCUT2D eigenvalue weighted by molar-refractivity contribution is 6.33. The first-order chi connectivity index (χ1) is 7.70. The van der Waals surface area contributed by atoms with Crippen LogP contribution in [0.4, 0.5) is 0 Å². The van der Waals surface area contributed by atoms with Crippen molar-refractivity contribution in [3.05, 3.63) is 47.5 Å². The van der Waals surface area contributed by atoms with E-state index in [0.29, 0.717) is 0 Å². The summed E-state index contributed by atoms with van der Waals surface area (Å²) in [6.45, 7) is 0. The Morgan fingerprint density at radius 1 is 1.12 bits per heavy atom. The Kier molecular flexibility index (Phi) is 3.21. The molecule has 0 aliphatic heterocycles. The van der Waals surface area contributed by atoms with Crippen molar-refractivity contribution in [2.24, 2.45) is 0 Å². The molecule has 2 aromatic rings. The fourth-order valence-electron chi connectivity index (χ4n) is 1.70. The summed E-state index contributed by atoms with van der Waals surface area (Å²) < 4.78 is 5.35. The average Bonchev–Trinajstić information content (AvgIpc) is 2.29. The van der Waals surface area contributed by atoms with E-state index in [0.717, 1.165) is 21.9 Å². The molecule has 0 amide bonds. The van der Waals surface area contributed by atoms with Gasteiger partial charge in [0.2, 0.25) is 0 Å². The maximum Gasteiger partial charge on any atom is 0.139 e. The summed E-state index contributed by atoms with van der Waals surface area (Å²) >= 11 is 5.99. The van der Waals surface area contributed by atoms with E-state index in [-0.39, 0.29) is 0 Å². The molecule has 0 atom stereocenters. The SMILES string of the molecule is Bc1ccc(OC)c(-c2cccc(Cl)c2)c1. The number of ether oxygens (including phenoxy) is 1. The molecule has 0 unspecified atom stereocenters. The summed E-state index contributed by atoms with van der Waals surface area (Å²) in [6, 6.07) is 13.9. The minimum Gasteiger partial charge on any atom is -0.496 e. The molecule has 0 aliphatic rings. The van der Waals surface area contributed by atoms with Crippen molar-refractivity contribution in [3.63, 3.8) is 0 Å². The first kappa shape index (κ1) is 11.1. The fourth-order valence-corrected chi connectivity index (χ4v) is 1.89. The lowest BCUT2D eigenvalue weighted by molar-refractivity contribution is 0.416. The van der Waals surface area contributed by atoms with Crippen molar-refractivity contribution >= 4 is 24.9 Å². The van der Waals surface area contributed by atoms with E-state index >= 15 is 0 Å². The first-order valence-electron chi connectivity index (χ1n) is 5.11. The highest BCUT2D eigenvalue weighted by Crippen LogP contribution is 2.30.